The zero-order valence-corrected chi connectivity index (χ0v) is 18.1. The third kappa shape index (κ3) is 4.02. The van der Waals surface area contributed by atoms with E-state index in [0.29, 0.717) is 11.0 Å². The van der Waals surface area contributed by atoms with Crippen LogP contribution in [0.3, 0.4) is 0 Å². The van der Waals surface area contributed by atoms with Gasteiger partial charge in [-0.2, -0.15) is 5.26 Å². The molecule has 0 spiro atoms. The predicted molar refractivity (Wildman–Crippen MR) is 117 cm³/mol. The maximum atomic E-state index is 10.9. The van der Waals surface area contributed by atoms with Crippen LogP contribution in [0.2, 0.25) is 0 Å². The van der Waals surface area contributed by atoms with Gasteiger partial charge in [0, 0.05) is 6.04 Å². The monoisotopic (exact) mass is 425 g/mol. The Morgan fingerprint density at radius 3 is 2.76 bits per heavy atom. The van der Waals surface area contributed by atoms with Crippen molar-refractivity contribution in [2.75, 3.05) is 0 Å². The number of thiazole rings is 1. The van der Waals surface area contributed by atoms with Gasteiger partial charge in [-0.1, -0.05) is 43.2 Å². The number of hydrogen-bond acceptors (Lipinski definition) is 7. The maximum Gasteiger partial charge on any atom is 0.192 e. The Bertz CT molecular complexity index is 1060. The number of nitrogens with zero attached hydrogens (tertiary/aromatic N) is 5. The second-order valence-electron chi connectivity index (χ2n) is 7.31. The van der Waals surface area contributed by atoms with E-state index in [1.807, 2.05) is 38.1 Å². The lowest BCUT2D eigenvalue weighted by atomic mass is 9.95. The van der Waals surface area contributed by atoms with Crippen LogP contribution in [0, 0.1) is 18.3 Å². The number of aliphatic hydroxyl groups excluding tert-OH is 1. The van der Waals surface area contributed by atoms with Crippen LogP contribution in [0.1, 0.15) is 55.9 Å². The number of aliphatic hydroxyl groups is 1. The first kappa shape index (κ1) is 19.9. The molecule has 150 valence electrons. The van der Waals surface area contributed by atoms with Crippen molar-refractivity contribution in [1.29, 1.82) is 5.26 Å². The summed E-state index contributed by atoms with van der Waals surface area (Å²) < 4.78 is 3.20. The van der Waals surface area contributed by atoms with E-state index in [4.69, 9.17) is 0 Å². The largest absolute Gasteiger partial charge is 0.510 e. The van der Waals surface area contributed by atoms with Crippen LogP contribution < -0.4 is 0 Å². The summed E-state index contributed by atoms with van der Waals surface area (Å²) in [5, 5.41) is 30.2. The molecule has 29 heavy (non-hydrogen) atoms. The Labute approximate surface area is 178 Å². The number of fused-ring (bicyclic) bond motifs is 1. The number of rotatable bonds is 5. The predicted octanol–water partition coefficient (Wildman–Crippen LogP) is 5.67. The van der Waals surface area contributed by atoms with E-state index in [1.54, 1.807) is 0 Å². The smallest absolute Gasteiger partial charge is 0.192 e. The highest BCUT2D eigenvalue weighted by Gasteiger charge is 2.25. The second kappa shape index (κ2) is 8.56. The van der Waals surface area contributed by atoms with Gasteiger partial charge in [-0.3, -0.25) is 0 Å². The molecule has 1 fully saturated rings. The number of benzene rings is 1. The van der Waals surface area contributed by atoms with Crippen molar-refractivity contribution >= 4 is 38.9 Å². The molecule has 2 aromatic heterocycles. The highest BCUT2D eigenvalue weighted by Crippen LogP contribution is 2.36. The van der Waals surface area contributed by atoms with Gasteiger partial charge in [-0.05, 0) is 38.8 Å². The van der Waals surface area contributed by atoms with Crippen LogP contribution in [0.5, 0.6) is 0 Å². The second-order valence-corrected chi connectivity index (χ2v) is 9.65. The van der Waals surface area contributed by atoms with Crippen LogP contribution in [-0.4, -0.2) is 30.1 Å². The standard InChI is InChI=1S/C21H23N5OS2/c1-13(28-21-25-24-14(2)26(21)15-8-4-3-5-9-15)19(27)16(12-22)20-23-17-10-6-7-11-18(17)29-20/h6-7,10-11,13,15,27H,3-5,8-9H2,1-2H3/b19-16-. The highest BCUT2D eigenvalue weighted by molar-refractivity contribution is 7.99. The fraction of sp³-hybridized carbons (Fsp3) is 0.429. The van der Waals surface area contributed by atoms with Gasteiger partial charge in [0.15, 0.2) is 5.16 Å². The minimum absolute atomic E-state index is 0.0346. The Morgan fingerprint density at radius 2 is 2.03 bits per heavy atom. The van der Waals surface area contributed by atoms with Crippen LogP contribution in [0.4, 0.5) is 0 Å². The van der Waals surface area contributed by atoms with E-state index in [0.717, 1.165) is 34.0 Å². The highest BCUT2D eigenvalue weighted by atomic mass is 32.2. The summed E-state index contributed by atoms with van der Waals surface area (Å²) in [5.41, 5.74) is 1.06. The Balaban J connectivity index is 1.62. The van der Waals surface area contributed by atoms with Crippen molar-refractivity contribution in [1.82, 2.24) is 19.7 Å². The summed E-state index contributed by atoms with van der Waals surface area (Å²) in [6.45, 7) is 3.87. The van der Waals surface area contributed by atoms with Gasteiger partial charge in [-0.15, -0.1) is 21.5 Å². The Kier molecular flexibility index (Phi) is 5.88. The molecule has 6 nitrogen and oxygen atoms in total. The lowest BCUT2D eigenvalue weighted by Crippen LogP contribution is -2.16. The fourth-order valence-corrected chi connectivity index (χ4v) is 5.80. The van der Waals surface area contributed by atoms with Crippen LogP contribution in [0.15, 0.2) is 35.2 Å². The molecule has 3 aromatic rings. The number of nitriles is 1. The van der Waals surface area contributed by atoms with Crippen molar-refractivity contribution in [3.05, 3.63) is 40.9 Å². The lowest BCUT2D eigenvalue weighted by molar-refractivity contribution is 0.331. The van der Waals surface area contributed by atoms with E-state index in [9.17, 15) is 10.4 Å². The zero-order chi connectivity index (χ0) is 20.4. The molecule has 1 atom stereocenters. The summed E-state index contributed by atoms with van der Waals surface area (Å²) in [6.07, 6.45) is 6.01. The fourth-order valence-electron chi connectivity index (χ4n) is 3.80. The molecular weight excluding hydrogens is 402 g/mol. The third-order valence-corrected chi connectivity index (χ3v) is 7.44. The average Bonchev–Trinajstić information content (AvgIpc) is 3.32. The summed E-state index contributed by atoms with van der Waals surface area (Å²) >= 11 is 2.86. The van der Waals surface area contributed by atoms with Gasteiger partial charge in [-0.25, -0.2) is 4.98 Å². The molecule has 0 aliphatic heterocycles. The first-order valence-corrected chi connectivity index (χ1v) is 11.6. The number of hydrogen-bond donors (Lipinski definition) is 1. The third-order valence-electron chi connectivity index (χ3n) is 5.32. The van der Waals surface area contributed by atoms with E-state index in [-0.39, 0.29) is 16.6 Å². The van der Waals surface area contributed by atoms with Crippen LogP contribution in [-0.2, 0) is 0 Å². The van der Waals surface area contributed by atoms with Gasteiger partial charge in [0.2, 0.25) is 0 Å². The minimum atomic E-state index is -0.331. The molecule has 0 saturated heterocycles. The molecule has 8 heteroatoms. The number of allylic oxidation sites excluding steroid dienone is 1. The lowest BCUT2D eigenvalue weighted by Gasteiger charge is -2.25. The first-order chi connectivity index (χ1) is 14.1. The molecule has 1 unspecified atom stereocenters. The van der Waals surface area contributed by atoms with E-state index in [2.05, 4.69) is 25.8 Å². The van der Waals surface area contributed by atoms with E-state index >= 15 is 0 Å². The maximum absolute atomic E-state index is 10.9. The van der Waals surface area contributed by atoms with Gasteiger partial charge in [0.05, 0.1) is 15.5 Å². The van der Waals surface area contributed by atoms with Crippen molar-refractivity contribution in [2.24, 2.45) is 0 Å². The Hall–Kier alpha value is -2.37. The summed E-state index contributed by atoms with van der Waals surface area (Å²) in [6, 6.07) is 10.3. The molecule has 1 saturated carbocycles. The number of para-hydroxylation sites is 1. The SMILES string of the molecule is Cc1nnc(SC(C)/C(O)=C(\C#N)c2nc3ccccc3s2)n1C1CCCCC1. The number of aromatic nitrogens is 4. The summed E-state index contributed by atoms with van der Waals surface area (Å²) in [7, 11) is 0. The van der Waals surface area contributed by atoms with Gasteiger partial charge in [0.1, 0.15) is 28.2 Å². The number of thioether (sulfide) groups is 1. The molecule has 0 radical (unpaired) electrons. The summed E-state index contributed by atoms with van der Waals surface area (Å²) in [4.78, 5) is 4.53. The van der Waals surface area contributed by atoms with E-state index < -0.39 is 0 Å². The zero-order valence-electron chi connectivity index (χ0n) is 16.5. The number of aryl methyl sites for hydroxylation is 1. The normalized spacial score (nSPS) is 17.1. The molecule has 0 amide bonds. The molecular formula is C21H23N5OS2. The van der Waals surface area contributed by atoms with E-state index in [1.165, 1.54) is 42.4 Å². The van der Waals surface area contributed by atoms with Gasteiger partial charge >= 0.3 is 0 Å². The van der Waals surface area contributed by atoms with Gasteiger partial charge < -0.3 is 9.67 Å². The quantitative estimate of drug-likeness (QED) is 0.322. The first-order valence-electron chi connectivity index (χ1n) is 9.86. The average molecular weight is 426 g/mol. The van der Waals surface area contributed by atoms with Crippen LogP contribution >= 0.6 is 23.1 Å². The molecule has 1 N–H and O–H groups in total. The van der Waals surface area contributed by atoms with Crippen molar-refractivity contribution in [3.63, 3.8) is 0 Å². The Morgan fingerprint density at radius 1 is 1.28 bits per heavy atom. The molecule has 1 aliphatic rings. The van der Waals surface area contributed by atoms with Crippen molar-refractivity contribution in [3.8, 4) is 6.07 Å². The van der Waals surface area contributed by atoms with Crippen LogP contribution in [0.25, 0.3) is 15.8 Å². The molecule has 0 bridgehead atoms. The molecule has 1 aromatic carbocycles. The molecule has 4 rings (SSSR count). The molecule has 2 heterocycles. The minimum Gasteiger partial charge on any atom is -0.510 e. The summed E-state index contributed by atoms with van der Waals surface area (Å²) in [5.74, 6) is 0.939. The van der Waals surface area contributed by atoms with Crippen molar-refractivity contribution < 1.29 is 5.11 Å². The topological polar surface area (TPSA) is 87.6 Å². The molecule has 1 aliphatic carbocycles. The van der Waals surface area contributed by atoms with Gasteiger partial charge in [0.25, 0.3) is 0 Å². The van der Waals surface area contributed by atoms with Crippen molar-refractivity contribution in [2.45, 2.75) is 62.4 Å².